The Hall–Kier alpha value is -0.830. The summed E-state index contributed by atoms with van der Waals surface area (Å²) >= 11 is 6.06. The summed E-state index contributed by atoms with van der Waals surface area (Å²) in [5, 5.41) is 4.03. The molecule has 2 rings (SSSR count). The van der Waals surface area contributed by atoms with Gasteiger partial charge in [-0.25, -0.2) is 9.97 Å². The van der Waals surface area contributed by atoms with E-state index >= 15 is 0 Å². The first kappa shape index (κ1) is 10.7. The fraction of sp³-hybridized carbons (Fsp3) is 0.636. The maximum Gasteiger partial charge on any atom is 0.137 e. The third-order valence-corrected chi connectivity index (χ3v) is 3.16. The molecule has 0 saturated heterocycles. The van der Waals surface area contributed by atoms with Crippen molar-refractivity contribution in [3.05, 3.63) is 17.0 Å². The van der Waals surface area contributed by atoms with Crippen LogP contribution in [0.1, 0.15) is 38.2 Å². The zero-order chi connectivity index (χ0) is 10.7. The number of anilines is 1. The molecule has 1 heterocycles. The van der Waals surface area contributed by atoms with E-state index in [0.717, 1.165) is 24.2 Å². The van der Waals surface area contributed by atoms with Crippen molar-refractivity contribution in [2.24, 2.45) is 0 Å². The van der Waals surface area contributed by atoms with Gasteiger partial charge in [0.1, 0.15) is 17.3 Å². The van der Waals surface area contributed by atoms with Crippen molar-refractivity contribution in [3.63, 3.8) is 0 Å². The van der Waals surface area contributed by atoms with Gasteiger partial charge >= 0.3 is 0 Å². The Kier molecular flexibility index (Phi) is 3.41. The maximum absolute atomic E-state index is 6.06. The summed E-state index contributed by atoms with van der Waals surface area (Å²) < 4.78 is 0. The molecule has 0 spiro atoms. The zero-order valence-electron chi connectivity index (χ0n) is 8.96. The monoisotopic (exact) mass is 225 g/mol. The van der Waals surface area contributed by atoms with Crippen LogP contribution in [-0.4, -0.2) is 16.0 Å². The second-order valence-electron chi connectivity index (χ2n) is 4.01. The molecule has 82 valence electrons. The predicted octanol–water partition coefficient (Wildman–Crippen LogP) is 3.05. The summed E-state index contributed by atoms with van der Waals surface area (Å²) in [5.74, 6) is 0.932. The van der Waals surface area contributed by atoms with Crippen molar-refractivity contribution < 1.29 is 0 Å². The van der Waals surface area contributed by atoms with Gasteiger partial charge in [-0.1, -0.05) is 24.9 Å². The van der Waals surface area contributed by atoms with Gasteiger partial charge in [0, 0.05) is 11.6 Å². The molecule has 3 nitrogen and oxygen atoms in total. The van der Waals surface area contributed by atoms with Crippen LogP contribution in [0.5, 0.6) is 0 Å². The van der Waals surface area contributed by atoms with Crippen molar-refractivity contribution in [1.82, 2.24) is 9.97 Å². The lowest BCUT2D eigenvalue weighted by atomic mass is 9.93. The Morgan fingerprint density at radius 2 is 2.27 bits per heavy atom. The second-order valence-corrected chi connectivity index (χ2v) is 4.37. The molecule has 1 aromatic rings. The Morgan fingerprint density at radius 1 is 1.47 bits per heavy atom. The molecule has 1 aliphatic carbocycles. The molecule has 1 aliphatic rings. The maximum atomic E-state index is 6.06. The van der Waals surface area contributed by atoms with E-state index in [9.17, 15) is 0 Å². The molecule has 0 radical (unpaired) electrons. The van der Waals surface area contributed by atoms with E-state index in [0.29, 0.717) is 11.2 Å². The summed E-state index contributed by atoms with van der Waals surface area (Å²) in [4.78, 5) is 8.30. The van der Waals surface area contributed by atoms with Crippen molar-refractivity contribution >= 4 is 17.4 Å². The highest BCUT2D eigenvalue weighted by Crippen LogP contribution is 2.27. The quantitative estimate of drug-likeness (QED) is 0.801. The van der Waals surface area contributed by atoms with Crippen molar-refractivity contribution in [3.8, 4) is 0 Å². The first-order valence-electron chi connectivity index (χ1n) is 5.57. The number of rotatable bonds is 4. The van der Waals surface area contributed by atoms with Gasteiger partial charge in [-0.15, -0.1) is 0 Å². The van der Waals surface area contributed by atoms with E-state index in [2.05, 4.69) is 22.2 Å². The van der Waals surface area contributed by atoms with E-state index in [-0.39, 0.29) is 0 Å². The van der Waals surface area contributed by atoms with Crippen molar-refractivity contribution in [2.45, 2.75) is 45.1 Å². The molecule has 0 atom stereocenters. The Morgan fingerprint density at radius 3 is 2.87 bits per heavy atom. The molecule has 1 saturated carbocycles. The Balaban J connectivity index is 2.15. The highest BCUT2D eigenvalue weighted by molar-refractivity contribution is 6.30. The van der Waals surface area contributed by atoms with Crippen LogP contribution in [0.15, 0.2) is 6.33 Å². The summed E-state index contributed by atoms with van der Waals surface area (Å²) in [6.07, 6.45) is 7.34. The zero-order valence-corrected chi connectivity index (χ0v) is 9.72. The van der Waals surface area contributed by atoms with Crippen LogP contribution in [0.2, 0.25) is 5.15 Å². The van der Waals surface area contributed by atoms with Crippen LogP contribution < -0.4 is 5.32 Å². The molecule has 0 aromatic carbocycles. The summed E-state index contributed by atoms with van der Waals surface area (Å²) in [6, 6.07) is 0.589. The van der Waals surface area contributed by atoms with E-state index in [1.165, 1.54) is 25.6 Å². The lowest BCUT2D eigenvalue weighted by molar-refractivity contribution is 0.444. The van der Waals surface area contributed by atoms with Gasteiger partial charge in [0.05, 0.1) is 0 Å². The van der Waals surface area contributed by atoms with E-state index in [4.69, 9.17) is 11.6 Å². The minimum atomic E-state index is 0.589. The van der Waals surface area contributed by atoms with Crippen LogP contribution in [0.4, 0.5) is 5.82 Å². The van der Waals surface area contributed by atoms with Gasteiger partial charge in [-0.2, -0.15) is 0 Å². The first-order chi connectivity index (χ1) is 7.31. The summed E-state index contributed by atoms with van der Waals surface area (Å²) in [5.41, 5.74) is 1.06. The smallest absolute Gasteiger partial charge is 0.137 e. The van der Waals surface area contributed by atoms with E-state index in [1.54, 1.807) is 0 Å². The standard InChI is InChI=1S/C11H16ClN3/c1-2-4-9-10(12)13-7-14-11(9)15-8-5-3-6-8/h7-8H,2-6H2,1H3,(H,13,14,15). The van der Waals surface area contributed by atoms with Crippen LogP contribution >= 0.6 is 11.6 Å². The van der Waals surface area contributed by atoms with Gasteiger partial charge in [0.25, 0.3) is 0 Å². The topological polar surface area (TPSA) is 37.8 Å². The predicted molar refractivity (Wildman–Crippen MR) is 62.3 cm³/mol. The SMILES string of the molecule is CCCc1c(Cl)ncnc1NC1CCC1. The molecule has 1 N–H and O–H groups in total. The third kappa shape index (κ3) is 2.40. The fourth-order valence-corrected chi connectivity index (χ4v) is 1.96. The average molecular weight is 226 g/mol. The van der Waals surface area contributed by atoms with Gasteiger partial charge in [0.15, 0.2) is 0 Å². The molecule has 0 unspecified atom stereocenters. The van der Waals surface area contributed by atoms with Crippen LogP contribution in [0.3, 0.4) is 0 Å². The van der Waals surface area contributed by atoms with E-state index in [1.807, 2.05) is 0 Å². The molecule has 0 bridgehead atoms. The Bertz CT molecular complexity index is 337. The fourth-order valence-electron chi connectivity index (χ4n) is 1.73. The largest absolute Gasteiger partial charge is 0.367 e. The second kappa shape index (κ2) is 4.79. The van der Waals surface area contributed by atoms with E-state index < -0.39 is 0 Å². The molecule has 15 heavy (non-hydrogen) atoms. The molecule has 1 fully saturated rings. The number of hydrogen-bond acceptors (Lipinski definition) is 3. The molecule has 0 aliphatic heterocycles. The minimum absolute atomic E-state index is 0.589. The lowest BCUT2D eigenvalue weighted by Crippen LogP contribution is -2.28. The highest BCUT2D eigenvalue weighted by atomic mass is 35.5. The number of nitrogens with one attached hydrogen (secondary N) is 1. The molecule has 4 heteroatoms. The lowest BCUT2D eigenvalue weighted by Gasteiger charge is -2.27. The number of aromatic nitrogens is 2. The number of halogens is 1. The van der Waals surface area contributed by atoms with Crippen molar-refractivity contribution in [1.29, 1.82) is 0 Å². The summed E-state index contributed by atoms with van der Waals surface area (Å²) in [7, 11) is 0. The van der Waals surface area contributed by atoms with Crippen LogP contribution in [0, 0.1) is 0 Å². The normalized spacial score (nSPS) is 16.1. The highest BCUT2D eigenvalue weighted by Gasteiger charge is 2.19. The minimum Gasteiger partial charge on any atom is -0.367 e. The third-order valence-electron chi connectivity index (χ3n) is 2.84. The number of hydrogen-bond donors (Lipinski definition) is 1. The summed E-state index contributed by atoms with van der Waals surface area (Å²) in [6.45, 7) is 2.14. The number of nitrogens with zero attached hydrogens (tertiary/aromatic N) is 2. The van der Waals surface area contributed by atoms with Gasteiger partial charge in [-0.05, 0) is 25.7 Å². The molecule has 0 amide bonds. The molecular weight excluding hydrogens is 210 g/mol. The van der Waals surface area contributed by atoms with Gasteiger partial charge in [-0.3, -0.25) is 0 Å². The van der Waals surface area contributed by atoms with Crippen LogP contribution in [-0.2, 0) is 6.42 Å². The molecule has 1 aromatic heterocycles. The molecular formula is C11H16ClN3. The first-order valence-corrected chi connectivity index (χ1v) is 5.95. The Labute approximate surface area is 95.3 Å². The van der Waals surface area contributed by atoms with Crippen molar-refractivity contribution in [2.75, 3.05) is 5.32 Å². The van der Waals surface area contributed by atoms with Crippen LogP contribution in [0.25, 0.3) is 0 Å². The van der Waals surface area contributed by atoms with Gasteiger partial charge < -0.3 is 5.32 Å². The average Bonchev–Trinajstić information content (AvgIpc) is 2.16. The van der Waals surface area contributed by atoms with Gasteiger partial charge in [0.2, 0.25) is 0 Å².